The van der Waals surface area contributed by atoms with Crippen LogP contribution in [-0.4, -0.2) is 9.97 Å². The van der Waals surface area contributed by atoms with Gasteiger partial charge in [-0.15, -0.1) is 34.9 Å². The second-order valence-corrected chi connectivity index (χ2v) is 31.8. The predicted molar refractivity (Wildman–Crippen MR) is 371 cm³/mol. The first-order valence-electron chi connectivity index (χ1n) is 33.5. The molecule has 2 bridgehead atoms. The summed E-state index contributed by atoms with van der Waals surface area (Å²) in [6, 6.07) is 59.7. The first kappa shape index (κ1) is 62.0. The number of benzene rings is 7. The smallest absolute Gasteiger partial charge is 0.0195 e. The zero-order valence-electron chi connectivity index (χ0n) is 55.8. The fourth-order valence-corrected chi connectivity index (χ4v) is 18.6. The van der Waals surface area contributed by atoms with Gasteiger partial charge >= 0.3 is 0 Å². The van der Waals surface area contributed by atoms with E-state index in [0.29, 0.717) is 11.3 Å². The molecule has 1 fully saturated rings. The molecule has 0 aliphatic heterocycles. The van der Waals surface area contributed by atoms with E-state index in [9.17, 15) is 0 Å². The van der Waals surface area contributed by atoms with Crippen molar-refractivity contribution in [3.05, 3.63) is 271 Å². The van der Waals surface area contributed by atoms with Crippen LogP contribution in [0.5, 0.6) is 0 Å². The minimum absolute atomic E-state index is 0. The van der Waals surface area contributed by atoms with Crippen LogP contribution in [0.15, 0.2) is 175 Å². The van der Waals surface area contributed by atoms with Crippen molar-refractivity contribution in [3.8, 4) is 55.8 Å². The van der Waals surface area contributed by atoms with E-state index < -0.39 is 0 Å². The van der Waals surface area contributed by atoms with Crippen LogP contribution in [-0.2, 0) is 92.0 Å². The monoisotopic (exact) mass is 1540 g/mol. The van der Waals surface area contributed by atoms with Gasteiger partial charge in [-0.2, -0.15) is 18.1 Å². The Morgan fingerprint density at radius 3 is 1.52 bits per heavy atom. The van der Waals surface area contributed by atoms with Crippen molar-refractivity contribution >= 4 is 5.57 Å². The quantitative estimate of drug-likeness (QED) is 0.164. The fraction of sp³-hybridized carbons (Fsp3) is 0.345. The molecule has 0 amide bonds. The van der Waals surface area contributed by atoms with Crippen LogP contribution in [0.3, 0.4) is 0 Å². The van der Waals surface area contributed by atoms with E-state index in [1.54, 1.807) is 11.1 Å². The first-order valence-corrected chi connectivity index (χ1v) is 33.5. The van der Waals surface area contributed by atoms with Gasteiger partial charge in [-0.05, 0) is 196 Å². The molecule has 9 aliphatic carbocycles. The number of hydrogen-bond donors (Lipinski definition) is 0. The van der Waals surface area contributed by atoms with Crippen LogP contribution >= 0.6 is 0 Å². The Balaban J connectivity index is 0.000000155. The third-order valence-electron chi connectivity index (χ3n) is 24.6. The molecule has 9 aliphatic rings. The molecule has 0 N–H and O–H groups in total. The molecule has 4 heteroatoms. The van der Waals surface area contributed by atoms with E-state index in [2.05, 4.69) is 273 Å². The van der Waals surface area contributed by atoms with Gasteiger partial charge in [0, 0.05) is 74.3 Å². The molecule has 2 nitrogen and oxygen atoms in total. The zero-order valence-corrected chi connectivity index (χ0v) is 60.6. The van der Waals surface area contributed by atoms with Gasteiger partial charge in [-0.3, -0.25) is 0 Å². The molecule has 91 heavy (non-hydrogen) atoms. The first-order chi connectivity index (χ1) is 42.4. The molecule has 7 aromatic carbocycles. The van der Waals surface area contributed by atoms with E-state index in [1.807, 2.05) is 0 Å². The molecule has 2 radical (unpaired) electrons. The van der Waals surface area contributed by atoms with Gasteiger partial charge < -0.3 is 9.97 Å². The van der Waals surface area contributed by atoms with Crippen LogP contribution in [0.4, 0.5) is 0 Å². The molecule has 464 valence electrons. The minimum atomic E-state index is -0.152. The SMILES string of the molecule is CC1(C)C2=C(C[CH-]C(c3cc4c(cn3)C3CC(C4)C3(C)C)=C2)C(C)(C)c2cc(-c3ccc4c(c3)C(C)(C)c3ccccc3-4)ccc21.CC1(C)c2ccccc2-c2ccc(-c3ccc4c(c3)C(C)(C)c3cc(-c5cc6c(cn5)CCCC6)[c-]cc3C4(C)C)cc21.[Ir].[Ir]. The molecule has 9 aromatic rings. The van der Waals surface area contributed by atoms with Crippen molar-refractivity contribution in [2.75, 3.05) is 0 Å². The van der Waals surface area contributed by atoms with Crippen molar-refractivity contribution in [3.63, 3.8) is 0 Å². The molecule has 0 spiro atoms. The predicted octanol–water partition coefficient (Wildman–Crippen LogP) is 21.7. The van der Waals surface area contributed by atoms with Gasteiger partial charge in [0.25, 0.3) is 0 Å². The molecule has 18 rings (SSSR count). The van der Waals surface area contributed by atoms with Crippen molar-refractivity contribution in [1.82, 2.24) is 9.97 Å². The average molecular weight is 1540 g/mol. The Kier molecular flexibility index (Phi) is 14.5. The summed E-state index contributed by atoms with van der Waals surface area (Å²) in [6.07, 6.45) is 17.7. The zero-order chi connectivity index (χ0) is 61.7. The maximum atomic E-state index is 5.09. The number of nitrogens with zero attached hydrogens (tertiary/aromatic N) is 2. The van der Waals surface area contributed by atoms with Gasteiger partial charge in [0.1, 0.15) is 0 Å². The van der Waals surface area contributed by atoms with Gasteiger partial charge in [-0.25, -0.2) is 0 Å². The van der Waals surface area contributed by atoms with E-state index >= 15 is 0 Å². The molecule has 0 saturated heterocycles. The van der Waals surface area contributed by atoms with Crippen molar-refractivity contribution in [2.24, 2.45) is 11.3 Å². The van der Waals surface area contributed by atoms with Crippen LogP contribution in [0, 0.1) is 23.8 Å². The summed E-state index contributed by atoms with van der Waals surface area (Å²) in [5.74, 6) is 1.50. The summed E-state index contributed by atoms with van der Waals surface area (Å²) in [4.78, 5) is 10.0. The van der Waals surface area contributed by atoms with Gasteiger partial charge in [-0.1, -0.05) is 241 Å². The van der Waals surface area contributed by atoms with Crippen LogP contribution < -0.4 is 0 Å². The Labute approximate surface area is 570 Å². The van der Waals surface area contributed by atoms with Crippen molar-refractivity contribution < 1.29 is 40.2 Å². The summed E-state index contributed by atoms with van der Waals surface area (Å²) in [5, 5.41) is 0. The molecule has 2 heterocycles. The minimum Gasteiger partial charge on any atom is -0.320 e. The van der Waals surface area contributed by atoms with E-state index in [4.69, 9.17) is 9.97 Å². The summed E-state index contributed by atoms with van der Waals surface area (Å²) in [7, 11) is 0. The largest absolute Gasteiger partial charge is 0.320 e. The second kappa shape index (κ2) is 21.3. The number of hydrogen-bond acceptors (Lipinski definition) is 2. The summed E-state index contributed by atoms with van der Waals surface area (Å²) < 4.78 is 0. The third-order valence-corrected chi connectivity index (χ3v) is 24.6. The average Bonchev–Trinajstić information content (AvgIpc) is 1.65. The van der Waals surface area contributed by atoms with Crippen LogP contribution in [0.25, 0.3) is 61.3 Å². The number of aryl methyl sites for hydroxylation is 2. The normalized spacial score (nSPS) is 21.1. The van der Waals surface area contributed by atoms with Gasteiger partial charge in [0.2, 0.25) is 0 Å². The van der Waals surface area contributed by atoms with Crippen LogP contribution in [0.1, 0.15) is 212 Å². The molecule has 1 saturated carbocycles. The maximum absolute atomic E-state index is 5.09. The van der Waals surface area contributed by atoms with Crippen molar-refractivity contribution in [2.45, 2.75) is 180 Å². The molecule has 2 atom stereocenters. The maximum Gasteiger partial charge on any atom is 0.0195 e. The molecular weight excluding hydrogens is 1460 g/mol. The Bertz CT molecular complexity index is 4610. The molecular formula is C87H86Ir2N2-2. The van der Waals surface area contributed by atoms with E-state index in [-0.39, 0.29) is 72.7 Å². The summed E-state index contributed by atoms with van der Waals surface area (Å²) >= 11 is 0. The number of aromatic nitrogens is 2. The summed E-state index contributed by atoms with van der Waals surface area (Å²) in [5.41, 5.74) is 38.6. The Morgan fingerprint density at radius 2 is 0.912 bits per heavy atom. The number of allylic oxidation sites excluding steroid dienone is 4. The molecule has 2 aromatic heterocycles. The standard InChI is InChI=1S/C45H46N.C42H40N.2Ir/c1-42(2)30-19-29-23-41(46-25-33(29)38(42)24-30)28-15-18-36-40(22-28)45(7,8)35-17-14-27(21-39(35)44(36,5)6)26-13-16-32-31-11-9-10-12-34(31)43(3,4)37(32)20-26;1-40(2)33-14-10-9-13-31(33)32-18-15-27(21-36(32)40)28-16-19-34-37(22-28)42(5,6)38-23-29(17-20-35(38)41(34,3)4)39-24-26-11-7-8-12-30(26)25-43-39;;/h9-17,20-23,25,30,38H,18-19,24H2,1-8H3;9-10,13-16,18-25H,7-8,11-12H2,1-6H3;;/q2*-1;;. The van der Waals surface area contributed by atoms with E-state index in [1.165, 1.54) is 154 Å². The number of rotatable bonds is 4. The second-order valence-electron chi connectivity index (χ2n) is 31.8. The molecule has 2 unspecified atom stereocenters. The van der Waals surface area contributed by atoms with E-state index in [0.717, 1.165) is 42.1 Å². The van der Waals surface area contributed by atoms with Crippen LogP contribution in [0.2, 0.25) is 0 Å². The van der Waals surface area contributed by atoms with Gasteiger partial charge in [0.15, 0.2) is 0 Å². The third kappa shape index (κ3) is 9.12. The summed E-state index contributed by atoms with van der Waals surface area (Å²) in [6.45, 7) is 33.7. The number of fused-ring (bicyclic) bond motifs is 10. The topological polar surface area (TPSA) is 25.8 Å². The number of pyridine rings is 2. The van der Waals surface area contributed by atoms with Crippen molar-refractivity contribution in [1.29, 1.82) is 0 Å². The Hall–Kier alpha value is -6.51. The Morgan fingerprint density at radius 1 is 0.429 bits per heavy atom. The van der Waals surface area contributed by atoms with Gasteiger partial charge in [0.05, 0.1) is 0 Å². The fourth-order valence-electron chi connectivity index (χ4n) is 18.6.